The van der Waals surface area contributed by atoms with Crippen molar-refractivity contribution in [3.05, 3.63) is 35.4 Å². The molecular formula is C18H25NO4. The molecule has 23 heavy (non-hydrogen) atoms. The van der Waals surface area contributed by atoms with Crippen LogP contribution in [-0.4, -0.2) is 25.3 Å². The summed E-state index contributed by atoms with van der Waals surface area (Å²) in [7, 11) is 1.41. The van der Waals surface area contributed by atoms with Gasteiger partial charge in [0, 0.05) is 12.1 Å². The molecule has 1 saturated carbocycles. The molecule has 1 aromatic heterocycles. The van der Waals surface area contributed by atoms with Gasteiger partial charge in [0.2, 0.25) is 0 Å². The molecule has 0 bridgehead atoms. The van der Waals surface area contributed by atoms with Crippen LogP contribution in [0.5, 0.6) is 0 Å². The Morgan fingerprint density at radius 3 is 2.83 bits per heavy atom. The van der Waals surface area contributed by atoms with Crippen molar-refractivity contribution < 1.29 is 18.7 Å². The highest BCUT2D eigenvalue weighted by molar-refractivity contribution is 5.90. The zero-order valence-electron chi connectivity index (χ0n) is 13.8. The van der Waals surface area contributed by atoms with E-state index in [-0.39, 0.29) is 18.2 Å². The predicted molar refractivity (Wildman–Crippen MR) is 85.5 cm³/mol. The van der Waals surface area contributed by atoms with E-state index in [9.17, 15) is 4.79 Å². The first-order valence-electron chi connectivity index (χ1n) is 8.42. The molecule has 1 aliphatic heterocycles. The van der Waals surface area contributed by atoms with E-state index in [1.54, 1.807) is 6.26 Å². The van der Waals surface area contributed by atoms with Gasteiger partial charge in [0.25, 0.3) is 0 Å². The molecule has 126 valence electrons. The fourth-order valence-corrected chi connectivity index (χ4v) is 3.72. The second kappa shape index (κ2) is 7.21. The van der Waals surface area contributed by atoms with Crippen molar-refractivity contribution >= 4 is 5.97 Å². The molecule has 0 unspecified atom stereocenters. The highest BCUT2D eigenvalue weighted by Gasteiger charge is 2.36. The number of hydrogen-bond donors (Lipinski definition) is 1. The summed E-state index contributed by atoms with van der Waals surface area (Å²) in [5.74, 6) is 1.12. The highest BCUT2D eigenvalue weighted by atomic mass is 16.5. The monoisotopic (exact) mass is 319 g/mol. The van der Waals surface area contributed by atoms with Crippen LogP contribution in [0.15, 0.2) is 34.1 Å². The third-order valence-electron chi connectivity index (χ3n) is 4.90. The molecule has 0 spiro atoms. The van der Waals surface area contributed by atoms with Crippen LogP contribution in [0.3, 0.4) is 0 Å². The van der Waals surface area contributed by atoms with Gasteiger partial charge in [-0.1, -0.05) is 12.8 Å². The molecule has 3 rings (SSSR count). The van der Waals surface area contributed by atoms with E-state index in [0.717, 1.165) is 17.9 Å². The van der Waals surface area contributed by atoms with Crippen LogP contribution in [0, 0.1) is 5.92 Å². The van der Waals surface area contributed by atoms with E-state index in [1.807, 2.05) is 19.1 Å². The summed E-state index contributed by atoms with van der Waals surface area (Å²) in [5.41, 5.74) is 1.54. The number of rotatable bonds is 5. The quantitative estimate of drug-likeness (QED) is 0.845. The number of carbonyl (C=O) groups excluding carboxylic acids is 1. The number of carbonyl (C=O) groups is 1. The molecule has 2 aliphatic rings. The van der Waals surface area contributed by atoms with E-state index < -0.39 is 0 Å². The van der Waals surface area contributed by atoms with Crippen LogP contribution in [-0.2, 0) is 20.8 Å². The lowest BCUT2D eigenvalue weighted by molar-refractivity contribution is -0.139. The molecule has 1 N–H and O–H groups in total. The van der Waals surface area contributed by atoms with Crippen LogP contribution in [0.2, 0.25) is 0 Å². The summed E-state index contributed by atoms with van der Waals surface area (Å²) in [6.07, 6.45) is 7.32. The predicted octanol–water partition coefficient (Wildman–Crippen LogP) is 3.16. The molecule has 0 radical (unpaired) electrons. The zero-order valence-corrected chi connectivity index (χ0v) is 13.8. The lowest BCUT2D eigenvalue weighted by atomic mass is 9.91. The third kappa shape index (κ3) is 3.61. The highest BCUT2D eigenvalue weighted by Crippen LogP contribution is 2.36. The molecule has 1 aromatic rings. The summed E-state index contributed by atoms with van der Waals surface area (Å²) < 4.78 is 16.5. The van der Waals surface area contributed by atoms with Gasteiger partial charge in [-0.25, -0.2) is 4.79 Å². The molecular weight excluding hydrogens is 294 g/mol. The van der Waals surface area contributed by atoms with Crippen LogP contribution < -0.4 is 5.32 Å². The van der Waals surface area contributed by atoms with Crippen LogP contribution >= 0.6 is 0 Å². The van der Waals surface area contributed by atoms with E-state index in [1.165, 1.54) is 32.8 Å². The number of methoxy groups -OCH3 is 1. The molecule has 5 nitrogen and oxygen atoms in total. The van der Waals surface area contributed by atoms with Crippen molar-refractivity contribution in [1.29, 1.82) is 0 Å². The summed E-state index contributed by atoms with van der Waals surface area (Å²) in [6.45, 7) is 2.49. The molecule has 1 fully saturated rings. The number of furan rings is 1. The Hall–Kier alpha value is -1.75. The van der Waals surface area contributed by atoms with Gasteiger partial charge in [-0.15, -0.1) is 0 Å². The molecule has 5 heteroatoms. The van der Waals surface area contributed by atoms with Crippen LogP contribution in [0.4, 0.5) is 0 Å². The largest absolute Gasteiger partial charge is 0.467 e. The number of hydrogen-bond acceptors (Lipinski definition) is 5. The van der Waals surface area contributed by atoms with Gasteiger partial charge in [0.15, 0.2) is 0 Å². The number of ether oxygens (including phenoxy) is 2. The minimum Gasteiger partial charge on any atom is -0.467 e. The van der Waals surface area contributed by atoms with E-state index in [0.29, 0.717) is 18.0 Å². The molecule has 2 atom stereocenters. The average Bonchev–Trinajstić information content (AvgIpc) is 3.25. The van der Waals surface area contributed by atoms with Gasteiger partial charge in [-0.2, -0.15) is 0 Å². The number of nitrogens with one attached hydrogen (secondary N) is 1. The zero-order chi connectivity index (χ0) is 16.2. The van der Waals surface area contributed by atoms with Crippen molar-refractivity contribution in [2.24, 2.45) is 5.92 Å². The summed E-state index contributed by atoms with van der Waals surface area (Å²) in [4.78, 5) is 12.2. The molecule has 1 aliphatic carbocycles. The second-order valence-corrected chi connectivity index (χ2v) is 6.38. The maximum atomic E-state index is 12.2. The van der Waals surface area contributed by atoms with E-state index in [4.69, 9.17) is 13.9 Å². The first kappa shape index (κ1) is 16.1. The smallest absolute Gasteiger partial charge is 0.338 e. The van der Waals surface area contributed by atoms with Crippen LogP contribution in [0.25, 0.3) is 0 Å². The van der Waals surface area contributed by atoms with Crippen molar-refractivity contribution in [2.45, 2.75) is 57.8 Å². The van der Waals surface area contributed by atoms with Gasteiger partial charge >= 0.3 is 5.97 Å². The minimum absolute atomic E-state index is 0.181. The first-order chi connectivity index (χ1) is 11.2. The molecule has 0 amide bonds. The Balaban J connectivity index is 1.78. The maximum absolute atomic E-state index is 12.2. The normalized spacial score (nSPS) is 25.7. The molecule has 0 saturated heterocycles. The Bertz CT molecular complexity index is 558. The average molecular weight is 319 g/mol. The fourth-order valence-electron chi connectivity index (χ4n) is 3.72. The summed E-state index contributed by atoms with van der Waals surface area (Å²) in [6, 6.07) is 3.78. The standard InChI is InChI=1S/C18H25NO4/c1-12-17(18(20)21-2)15(19-11-14-8-5-9-22-14)10-16(23-12)13-6-3-4-7-13/h5,8-9,12-13,16,19H,3-4,6-7,10-11H2,1-2H3/t12-,16-/m0/s1. The Labute approximate surface area is 137 Å². The summed E-state index contributed by atoms with van der Waals surface area (Å²) in [5, 5.41) is 3.38. The van der Waals surface area contributed by atoms with E-state index in [2.05, 4.69) is 5.32 Å². The third-order valence-corrected chi connectivity index (χ3v) is 4.90. The SMILES string of the molecule is COC(=O)C1=C(NCc2ccco2)C[C@@H](C2CCCC2)O[C@H]1C. The maximum Gasteiger partial charge on any atom is 0.338 e. The van der Waals surface area contributed by atoms with Crippen molar-refractivity contribution in [3.8, 4) is 0 Å². The van der Waals surface area contributed by atoms with Gasteiger partial charge in [-0.05, 0) is 37.8 Å². The fraction of sp³-hybridized carbons (Fsp3) is 0.611. The first-order valence-corrected chi connectivity index (χ1v) is 8.42. The molecule has 0 aromatic carbocycles. The van der Waals surface area contributed by atoms with Crippen LogP contribution in [0.1, 0.15) is 44.8 Å². The van der Waals surface area contributed by atoms with Gasteiger partial charge in [0.05, 0.1) is 37.7 Å². The summed E-state index contributed by atoms with van der Waals surface area (Å²) >= 11 is 0. The topological polar surface area (TPSA) is 60.7 Å². The minimum atomic E-state index is -0.315. The van der Waals surface area contributed by atoms with Gasteiger partial charge in [0.1, 0.15) is 5.76 Å². The van der Waals surface area contributed by atoms with Crippen molar-refractivity contribution in [1.82, 2.24) is 5.32 Å². The lowest BCUT2D eigenvalue weighted by Crippen LogP contribution is -2.39. The Morgan fingerprint density at radius 2 is 2.17 bits per heavy atom. The van der Waals surface area contributed by atoms with Crippen molar-refractivity contribution in [2.75, 3.05) is 7.11 Å². The Morgan fingerprint density at radius 1 is 1.39 bits per heavy atom. The van der Waals surface area contributed by atoms with Crippen molar-refractivity contribution in [3.63, 3.8) is 0 Å². The van der Waals surface area contributed by atoms with Gasteiger partial charge < -0.3 is 19.2 Å². The van der Waals surface area contributed by atoms with E-state index >= 15 is 0 Å². The van der Waals surface area contributed by atoms with Gasteiger partial charge in [-0.3, -0.25) is 0 Å². The second-order valence-electron chi connectivity index (χ2n) is 6.38. The number of esters is 1. The molecule has 2 heterocycles. The Kier molecular flexibility index (Phi) is 5.06. The lowest BCUT2D eigenvalue weighted by Gasteiger charge is -2.35.